The quantitative estimate of drug-likeness (QED) is 0.800. The molecular formula is C8H12N4S. The van der Waals surface area contributed by atoms with E-state index in [0.717, 1.165) is 10.1 Å². The predicted molar refractivity (Wildman–Crippen MR) is 52.7 cm³/mol. The lowest BCUT2D eigenvalue weighted by atomic mass is 9.91. The van der Waals surface area contributed by atoms with Gasteiger partial charge in [-0.25, -0.2) is 0 Å². The first kappa shape index (κ1) is 9.93. The molecule has 0 aliphatic carbocycles. The van der Waals surface area contributed by atoms with Crippen LogP contribution in [-0.2, 0) is 5.41 Å². The average Bonchev–Trinajstić information content (AvgIpc) is 2.52. The van der Waals surface area contributed by atoms with Crippen molar-refractivity contribution < 1.29 is 0 Å². The summed E-state index contributed by atoms with van der Waals surface area (Å²) in [6.45, 7) is 3.99. The Hall–Kier alpha value is -1.15. The van der Waals surface area contributed by atoms with Crippen molar-refractivity contribution in [1.82, 2.24) is 10.2 Å². The van der Waals surface area contributed by atoms with Crippen LogP contribution in [0.1, 0.15) is 25.3 Å². The van der Waals surface area contributed by atoms with Crippen LogP contribution in [0.15, 0.2) is 0 Å². The molecular weight excluding hydrogens is 184 g/mol. The van der Waals surface area contributed by atoms with Crippen molar-refractivity contribution in [2.45, 2.75) is 25.7 Å². The summed E-state index contributed by atoms with van der Waals surface area (Å²) in [6.07, 6.45) is 0.464. The van der Waals surface area contributed by atoms with E-state index >= 15 is 0 Å². The summed E-state index contributed by atoms with van der Waals surface area (Å²) < 4.78 is 0. The highest BCUT2D eigenvalue weighted by atomic mass is 32.1. The van der Waals surface area contributed by atoms with E-state index in [-0.39, 0.29) is 5.41 Å². The Morgan fingerprint density at radius 3 is 2.69 bits per heavy atom. The Bertz CT molecular complexity index is 323. The van der Waals surface area contributed by atoms with Crippen molar-refractivity contribution in [3.8, 4) is 6.07 Å². The molecule has 0 aliphatic heterocycles. The van der Waals surface area contributed by atoms with Gasteiger partial charge in [0, 0.05) is 18.9 Å². The molecule has 0 bridgehead atoms. The third kappa shape index (κ3) is 2.16. The molecule has 0 amide bonds. The number of hydrogen-bond donors (Lipinski definition) is 1. The van der Waals surface area contributed by atoms with Crippen LogP contribution in [0.4, 0.5) is 5.13 Å². The number of rotatable bonds is 3. The summed E-state index contributed by atoms with van der Waals surface area (Å²) in [5.41, 5.74) is -0.193. The Balaban J connectivity index is 2.88. The minimum Gasteiger partial charge on any atom is -0.363 e. The van der Waals surface area contributed by atoms with Crippen molar-refractivity contribution in [3.05, 3.63) is 5.01 Å². The SMILES string of the molecule is CNc1nnc(C(C)(C)CC#N)s1. The number of hydrogen-bond acceptors (Lipinski definition) is 5. The van der Waals surface area contributed by atoms with E-state index in [4.69, 9.17) is 5.26 Å². The van der Waals surface area contributed by atoms with Crippen molar-refractivity contribution in [2.75, 3.05) is 12.4 Å². The lowest BCUT2D eigenvalue weighted by Gasteiger charge is -2.15. The van der Waals surface area contributed by atoms with Gasteiger partial charge in [-0.2, -0.15) is 5.26 Å². The zero-order chi connectivity index (χ0) is 9.90. The molecule has 0 radical (unpaired) electrons. The highest BCUT2D eigenvalue weighted by Crippen LogP contribution is 2.30. The van der Waals surface area contributed by atoms with Gasteiger partial charge in [0.1, 0.15) is 5.01 Å². The summed E-state index contributed by atoms with van der Waals surface area (Å²) in [5.74, 6) is 0. The maximum Gasteiger partial charge on any atom is 0.205 e. The molecule has 4 nitrogen and oxygen atoms in total. The molecule has 1 heterocycles. The first-order valence-corrected chi connectivity index (χ1v) is 4.80. The van der Waals surface area contributed by atoms with Crippen molar-refractivity contribution >= 4 is 16.5 Å². The summed E-state index contributed by atoms with van der Waals surface area (Å²) >= 11 is 1.50. The fourth-order valence-corrected chi connectivity index (χ4v) is 1.67. The van der Waals surface area contributed by atoms with Gasteiger partial charge in [-0.1, -0.05) is 25.2 Å². The second kappa shape index (κ2) is 3.71. The predicted octanol–water partition coefficient (Wildman–Crippen LogP) is 1.77. The second-order valence-electron chi connectivity index (χ2n) is 3.38. The Morgan fingerprint density at radius 2 is 2.23 bits per heavy atom. The van der Waals surface area contributed by atoms with E-state index in [0.29, 0.717) is 6.42 Å². The lowest BCUT2D eigenvalue weighted by molar-refractivity contribution is 0.530. The van der Waals surface area contributed by atoms with Gasteiger partial charge in [0.25, 0.3) is 0 Å². The fraction of sp³-hybridized carbons (Fsp3) is 0.625. The lowest BCUT2D eigenvalue weighted by Crippen LogP contribution is -2.15. The van der Waals surface area contributed by atoms with E-state index in [1.807, 2.05) is 20.9 Å². The molecule has 5 heteroatoms. The molecule has 0 saturated heterocycles. The van der Waals surface area contributed by atoms with E-state index < -0.39 is 0 Å². The van der Waals surface area contributed by atoms with Crippen molar-refractivity contribution in [1.29, 1.82) is 5.26 Å². The molecule has 0 unspecified atom stereocenters. The normalized spacial score (nSPS) is 10.9. The molecule has 0 spiro atoms. The molecule has 1 aromatic rings. The average molecular weight is 196 g/mol. The Kier molecular flexibility index (Phi) is 2.83. The van der Waals surface area contributed by atoms with E-state index in [1.54, 1.807) is 0 Å². The molecule has 1 aromatic heterocycles. The molecule has 1 rings (SSSR count). The van der Waals surface area contributed by atoms with Gasteiger partial charge in [0.2, 0.25) is 5.13 Å². The molecule has 0 fully saturated rings. The van der Waals surface area contributed by atoms with Crippen LogP contribution in [0.2, 0.25) is 0 Å². The van der Waals surface area contributed by atoms with Gasteiger partial charge in [0.15, 0.2) is 0 Å². The molecule has 0 atom stereocenters. The van der Waals surface area contributed by atoms with Gasteiger partial charge >= 0.3 is 0 Å². The molecule has 13 heavy (non-hydrogen) atoms. The number of aromatic nitrogens is 2. The number of nitriles is 1. The molecule has 1 N–H and O–H groups in total. The highest BCUT2D eigenvalue weighted by Gasteiger charge is 2.24. The Labute approximate surface area is 81.6 Å². The molecule has 70 valence electrons. The van der Waals surface area contributed by atoms with Crippen LogP contribution in [0.3, 0.4) is 0 Å². The minimum absolute atomic E-state index is 0.193. The van der Waals surface area contributed by atoms with Crippen LogP contribution in [0.5, 0.6) is 0 Å². The number of nitrogens with zero attached hydrogens (tertiary/aromatic N) is 3. The molecule has 0 saturated carbocycles. The third-order valence-corrected chi connectivity index (χ3v) is 3.05. The first-order chi connectivity index (χ1) is 6.10. The fourth-order valence-electron chi connectivity index (χ4n) is 0.871. The van der Waals surface area contributed by atoms with E-state index in [9.17, 15) is 0 Å². The standard InChI is InChI=1S/C8H12N4S/c1-8(2,4-5-9)6-11-12-7(10-3)13-6/h4H2,1-3H3,(H,10,12). The second-order valence-corrected chi connectivity index (χ2v) is 4.36. The summed E-state index contributed by atoms with van der Waals surface area (Å²) in [6, 6.07) is 2.15. The van der Waals surface area contributed by atoms with Crippen molar-refractivity contribution in [2.24, 2.45) is 0 Å². The van der Waals surface area contributed by atoms with E-state index in [1.165, 1.54) is 11.3 Å². The van der Waals surface area contributed by atoms with Crippen LogP contribution >= 0.6 is 11.3 Å². The van der Waals surface area contributed by atoms with Crippen LogP contribution in [-0.4, -0.2) is 17.2 Å². The summed E-state index contributed by atoms with van der Waals surface area (Å²) in [5, 5.41) is 21.2. The highest BCUT2D eigenvalue weighted by molar-refractivity contribution is 7.15. The van der Waals surface area contributed by atoms with Gasteiger partial charge in [-0.15, -0.1) is 10.2 Å². The smallest absolute Gasteiger partial charge is 0.205 e. The zero-order valence-corrected chi connectivity index (χ0v) is 8.77. The van der Waals surface area contributed by atoms with Crippen LogP contribution in [0, 0.1) is 11.3 Å². The first-order valence-electron chi connectivity index (χ1n) is 3.99. The van der Waals surface area contributed by atoms with Gasteiger partial charge in [-0.05, 0) is 0 Å². The Morgan fingerprint density at radius 1 is 1.54 bits per heavy atom. The van der Waals surface area contributed by atoms with Gasteiger partial charge in [0.05, 0.1) is 6.07 Å². The summed E-state index contributed by atoms with van der Waals surface area (Å²) in [7, 11) is 1.81. The van der Waals surface area contributed by atoms with Crippen molar-refractivity contribution in [3.63, 3.8) is 0 Å². The third-order valence-electron chi connectivity index (χ3n) is 1.74. The topological polar surface area (TPSA) is 61.6 Å². The van der Waals surface area contributed by atoms with Crippen LogP contribution < -0.4 is 5.32 Å². The van der Waals surface area contributed by atoms with Gasteiger partial charge < -0.3 is 5.32 Å². The largest absolute Gasteiger partial charge is 0.363 e. The zero-order valence-electron chi connectivity index (χ0n) is 7.96. The van der Waals surface area contributed by atoms with E-state index in [2.05, 4.69) is 21.6 Å². The minimum atomic E-state index is -0.193. The molecule has 0 aromatic carbocycles. The van der Waals surface area contributed by atoms with Gasteiger partial charge in [-0.3, -0.25) is 0 Å². The summed E-state index contributed by atoms with van der Waals surface area (Å²) in [4.78, 5) is 0. The maximum absolute atomic E-state index is 8.62. The van der Waals surface area contributed by atoms with Crippen LogP contribution in [0.25, 0.3) is 0 Å². The number of nitrogens with one attached hydrogen (secondary N) is 1. The monoisotopic (exact) mass is 196 g/mol. The number of anilines is 1. The maximum atomic E-state index is 8.62. The molecule has 0 aliphatic rings.